The second kappa shape index (κ2) is 3.92. The molecule has 0 saturated heterocycles. The van der Waals surface area contributed by atoms with E-state index < -0.39 is 30.2 Å². The first kappa shape index (κ1) is 11.5. The molecule has 0 saturated carbocycles. The van der Waals surface area contributed by atoms with Gasteiger partial charge in [0.25, 0.3) is 5.91 Å². The molecule has 74 valence electrons. The number of hydrogen-bond acceptors (Lipinski definition) is 2. The Kier molecular flexibility index (Phi) is 3.46. The summed E-state index contributed by atoms with van der Waals surface area (Å²) in [5.74, 6) is -2.96. The minimum atomic E-state index is -4.83. The maximum Gasteiger partial charge on any atom is 0.421 e. The van der Waals surface area contributed by atoms with Gasteiger partial charge in [-0.25, -0.2) is 0 Å². The maximum absolute atomic E-state index is 11.7. The summed E-state index contributed by atoms with van der Waals surface area (Å²) in [7, 11) is 0. The maximum atomic E-state index is 11.7. The number of aliphatic carboxylic acids is 1. The summed E-state index contributed by atoms with van der Waals surface area (Å²) in [5.41, 5.74) is -1.62. The highest BCUT2D eigenvalue weighted by Gasteiger charge is 2.36. The molecule has 0 spiro atoms. The summed E-state index contributed by atoms with van der Waals surface area (Å²) in [5, 5.41) is 9.55. The van der Waals surface area contributed by atoms with E-state index in [4.69, 9.17) is 5.11 Å². The van der Waals surface area contributed by atoms with Crippen molar-refractivity contribution >= 4 is 11.9 Å². The van der Waals surface area contributed by atoms with Gasteiger partial charge >= 0.3 is 12.1 Å². The Morgan fingerprint density at radius 2 is 1.85 bits per heavy atom. The highest BCUT2D eigenvalue weighted by atomic mass is 19.4. The first-order valence-electron chi connectivity index (χ1n) is 3.01. The average molecular weight is 197 g/mol. The molecule has 0 aliphatic rings. The van der Waals surface area contributed by atoms with E-state index in [1.165, 1.54) is 5.32 Å². The summed E-state index contributed by atoms with van der Waals surface area (Å²) in [6, 6.07) is 0. The first-order valence-corrected chi connectivity index (χ1v) is 3.01. The van der Waals surface area contributed by atoms with Crippen LogP contribution in [0.2, 0.25) is 0 Å². The molecule has 0 fully saturated rings. The van der Waals surface area contributed by atoms with Crippen molar-refractivity contribution in [2.24, 2.45) is 0 Å². The molecule has 0 aliphatic carbocycles. The predicted octanol–water partition coefficient (Wildman–Crippen LogP) is 0.306. The zero-order valence-corrected chi connectivity index (χ0v) is 6.31. The molecule has 0 rings (SSSR count). The van der Waals surface area contributed by atoms with E-state index >= 15 is 0 Å². The smallest absolute Gasteiger partial charge is 0.421 e. The summed E-state index contributed by atoms with van der Waals surface area (Å²) < 4.78 is 35.1. The molecule has 0 radical (unpaired) electrons. The molecule has 0 bridgehead atoms. The molecule has 0 heterocycles. The Morgan fingerprint density at radius 1 is 1.38 bits per heavy atom. The van der Waals surface area contributed by atoms with Crippen LogP contribution in [0.1, 0.15) is 0 Å². The highest BCUT2D eigenvalue weighted by Crippen LogP contribution is 2.23. The number of carbonyl (C=O) groups excluding carboxylic acids is 1. The molecule has 0 aromatic rings. The number of nitrogens with one attached hydrogen (secondary N) is 1. The summed E-state index contributed by atoms with van der Waals surface area (Å²) in [6.07, 6.45) is -4.83. The number of carbonyl (C=O) groups is 2. The number of amides is 1. The summed E-state index contributed by atoms with van der Waals surface area (Å²) in [4.78, 5) is 20.4. The lowest BCUT2D eigenvalue weighted by Gasteiger charge is -2.08. The lowest BCUT2D eigenvalue weighted by atomic mass is 10.3. The van der Waals surface area contributed by atoms with Gasteiger partial charge in [-0.1, -0.05) is 6.58 Å². The van der Waals surface area contributed by atoms with Crippen LogP contribution in [-0.2, 0) is 9.59 Å². The Balaban J connectivity index is 4.14. The molecule has 7 heteroatoms. The highest BCUT2D eigenvalue weighted by molar-refractivity contribution is 5.95. The molecular weight excluding hydrogens is 191 g/mol. The van der Waals surface area contributed by atoms with Gasteiger partial charge in [-0.2, -0.15) is 13.2 Å². The van der Waals surface area contributed by atoms with Crippen LogP contribution in [0.5, 0.6) is 0 Å². The van der Waals surface area contributed by atoms with E-state index in [2.05, 4.69) is 6.58 Å². The fourth-order valence-corrected chi connectivity index (χ4v) is 0.391. The van der Waals surface area contributed by atoms with Crippen LogP contribution < -0.4 is 5.32 Å². The van der Waals surface area contributed by atoms with Crippen molar-refractivity contribution in [3.63, 3.8) is 0 Å². The molecule has 0 aromatic heterocycles. The number of hydrogen-bond donors (Lipinski definition) is 2. The van der Waals surface area contributed by atoms with E-state index in [1.807, 2.05) is 0 Å². The second-order valence-electron chi connectivity index (χ2n) is 2.05. The van der Waals surface area contributed by atoms with Gasteiger partial charge in [0.05, 0.1) is 0 Å². The Labute approximate surface area is 71.0 Å². The number of rotatable bonds is 3. The molecule has 2 N–H and O–H groups in total. The predicted molar refractivity (Wildman–Crippen MR) is 35.8 cm³/mol. The number of carboxylic acid groups (broad SMARTS) is 1. The Bertz CT molecular complexity index is 246. The van der Waals surface area contributed by atoms with Gasteiger partial charge in [0, 0.05) is 0 Å². The topological polar surface area (TPSA) is 66.4 Å². The van der Waals surface area contributed by atoms with Crippen molar-refractivity contribution in [3.8, 4) is 0 Å². The van der Waals surface area contributed by atoms with Crippen molar-refractivity contribution in [1.82, 2.24) is 5.32 Å². The minimum absolute atomic E-state index is 0.867. The molecule has 0 unspecified atom stereocenters. The van der Waals surface area contributed by atoms with Crippen LogP contribution in [0.4, 0.5) is 13.2 Å². The second-order valence-corrected chi connectivity index (χ2v) is 2.05. The van der Waals surface area contributed by atoms with Crippen molar-refractivity contribution in [3.05, 3.63) is 12.2 Å². The summed E-state index contributed by atoms with van der Waals surface area (Å²) in [6.45, 7) is 1.61. The third kappa shape index (κ3) is 4.14. The first-order chi connectivity index (χ1) is 5.75. The van der Waals surface area contributed by atoms with Gasteiger partial charge in [0.2, 0.25) is 0 Å². The Hall–Kier alpha value is -1.53. The van der Waals surface area contributed by atoms with Crippen molar-refractivity contribution in [2.75, 3.05) is 6.54 Å². The minimum Gasteiger partial charge on any atom is -0.480 e. The fourth-order valence-electron chi connectivity index (χ4n) is 0.391. The standard InChI is InChI=1S/C6H6F3NO3/c1-3(6(7,8)9)5(13)10-2-4(11)12/h1-2H2,(H,10,13)(H,11,12). The van der Waals surface area contributed by atoms with Crippen LogP contribution in [0.15, 0.2) is 12.2 Å². The van der Waals surface area contributed by atoms with Gasteiger partial charge in [-0.15, -0.1) is 0 Å². The molecule has 13 heavy (non-hydrogen) atoms. The van der Waals surface area contributed by atoms with E-state index in [9.17, 15) is 22.8 Å². The van der Waals surface area contributed by atoms with Crippen molar-refractivity contribution in [1.29, 1.82) is 0 Å². The lowest BCUT2D eigenvalue weighted by Crippen LogP contribution is -2.34. The Morgan fingerprint density at radius 3 is 2.15 bits per heavy atom. The number of alkyl halides is 3. The van der Waals surface area contributed by atoms with Gasteiger partial charge in [-0.05, 0) is 0 Å². The summed E-state index contributed by atoms with van der Waals surface area (Å²) >= 11 is 0. The monoisotopic (exact) mass is 197 g/mol. The quantitative estimate of drug-likeness (QED) is 0.639. The zero-order valence-electron chi connectivity index (χ0n) is 6.31. The molecular formula is C6H6F3NO3. The molecule has 0 aliphatic heterocycles. The number of halogens is 3. The average Bonchev–Trinajstić information content (AvgIpc) is 1.96. The van der Waals surface area contributed by atoms with Gasteiger partial charge in [-0.3, -0.25) is 9.59 Å². The third-order valence-electron chi connectivity index (χ3n) is 1.02. The van der Waals surface area contributed by atoms with Crippen LogP contribution in [-0.4, -0.2) is 29.7 Å². The largest absolute Gasteiger partial charge is 0.480 e. The van der Waals surface area contributed by atoms with Gasteiger partial charge < -0.3 is 10.4 Å². The van der Waals surface area contributed by atoms with Crippen LogP contribution in [0, 0.1) is 0 Å². The fraction of sp³-hybridized carbons (Fsp3) is 0.333. The van der Waals surface area contributed by atoms with Gasteiger partial charge in [0.1, 0.15) is 12.1 Å². The molecule has 1 amide bonds. The SMILES string of the molecule is C=C(C(=O)NCC(=O)O)C(F)(F)F. The normalized spacial score (nSPS) is 10.7. The van der Waals surface area contributed by atoms with Gasteiger partial charge in [0.15, 0.2) is 0 Å². The van der Waals surface area contributed by atoms with E-state index in [0.29, 0.717) is 0 Å². The van der Waals surface area contributed by atoms with Crippen molar-refractivity contribution < 1.29 is 27.9 Å². The van der Waals surface area contributed by atoms with Crippen LogP contribution >= 0.6 is 0 Å². The van der Waals surface area contributed by atoms with E-state index in [0.717, 1.165) is 0 Å². The van der Waals surface area contributed by atoms with E-state index in [1.54, 1.807) is 0 Å². The van der Waals surface area contributed by atoms with E-state index in [-0.39, 0.29) is 0 Å². The molecule has 0 aromatic carbocycles. The van der Waals surface area contributed by atoms with Crippen molar-refractivity contribution in [2.45, 2.75) is 6.18 Å². The molecule has 0 atom stereocenters. The zero-order chi connectivity index (χ0) is 10.6. The van der Waals surface area contributed by atoms with Crippen LogP contribution in [0.3, 0.4) is 0 Å². The van der Waals surface area contributed by atoms with Crippen LogP contribution in [0.25, 0.3) is 0 Å². The third-order valence-corrected chi connectivity index (χ3v) is 1.02. The lowest BCUT2D eigenvalue weighted by molar-refractivity contribution is -0.139. The number of carboxylic acids is 1. The molecule has 4 nitrogen and oxygen atoms in total.